The Hall–Kier alpha value is -0.570. The van der Waals surface area contributed by atoms with E-state index in [1.807, 2.05) is 12.1 Å². The normalized spacial score (nSPS) is 18.9. The van der Waals surface area contributed by atoms with Crippen molar-refractivity contribution >= 4 is 11.6 Å². The molecule has 1 aliphatic rings. The highest BCUT2D eigenvalue weighted by atomic mass is 35.5. The van der Waals surface area contributed by atoms with Crippen molar-refractivity contribution in [1.82, 2.24) is 10.2 Å². The summed E-state index contributed by atoms with van der Waals surface area (Å²) in [6.07, 6.45) is 2.76. The average Bonchev–Trinajstić information content (AvgIpc) is 3.15. The van der Waals surface area contributed by atoms with Crippen molar-refractivity contribution in [2.75, 3.05) is 20.6 Å². The van der Waals surface area contributed by atoms with Crippen molar-refractivity contribution in [2.45, 2.75) is 31.8 Å². The largest absolute Gasteiger partial charge is 0.312 e. The molecule has 2 nitrogen and oxygen atoms in total. The van der Waals surface area contributed by atoms with Crippen molar-refractivity contribution in [2.24, 2.45) is 5.92 Å². The summed E-state index contributed by atoms with van der Waals surface area (Å²) in [6, 6.07) is 9.09. The summed E-state index contributed by atoms with van der Waals surface area (Å²) in [4.78, 5) is 2.23. The molecule has 1 aliphatic carbocycles. The first-order chi connectivity index (χ1) is 8.59. The molecule has 100 valence electrons. The predicted octanol–water partition coefficient (Wildman–Crippen LogP) is 3.33. The minimum absolute atomic E-state index is 0.333. The zero-order chi connectivity index (χ0) is 13.1. The summed E-state index contributed by atoms with van der Waals surface area (Å²) >= 11 is 6.30. The zero-order valence-corrected chi connectivity index (χ0v) is 12.2. The van der Waals surface area contributed by atoms with E-state index in [1.165, 1.54) is 18.4 Å². The number of likely N-dealkylation sites (N-methyl/N-ethyl adjacent to an activating group) is 1. The SMILES string of the molecule is CC(NCC(c1ccccc1Cl)N(C)C)C1CC1. The molecule has 0 bridgehead atoms. The van der Waals surface area contributed by atoms with Crippen LogP contribution in [0.3, 0.4) is 0 Å². The van der Waals surface area contributed by atoms with Crippen LogP contribution in [0.15, 0.2) is 24.3 Å². The molecule has 18 heavy (non-hydrogen) atoms. The minimum Gasteiger partial charge on any atom is -0.312 e. The quantitative estimate of drug-likeness (QED) is 0.850. The second kappa shape index (κ2) is 6.05. The first-order valence-electron chi connectivity index (χ1n) is 6.74. The molecule has 1 N–H and O–H groups in total. The Morgan fingerprint density at radius 2 is 2.00 bits per heavy atom. The summed E-state index contributed by atoms with van der Waals surface area (Å²) < 4.78 is 0. The number of rotatable bonds is 6. The maximum Gasteiger partial charge on any atom is 0.0481 e. The van der Waals surface area contributed by atoms with E-state index in [9.17, 15) is 0 Å². The molecular weight excluding hydrogens is 244 g/mol. The topological polar surface area (TPSA) is 15.3 Å². The lowest BCUT2D eigenvalue weighted by Gasteiger charge is -2.27. The van der Waals surface area contributed by atoms with Gasteiger partial charge in [-0.1, -0.05) is 29.8 Å². The molecule has 0 radical (unpaired) electrons. The molecule has 1 saturated carbocycles. The van der Waals surface area contributed by atoms with Gasteiger partial charge < -0.3 is 10.2 Å². The van der Waals surface area contributed by atoms with Gasteiger partial charge >= 0.3 is 0 Å². The molecule has 0 aromatic heterocycles. The molecule has 2 atom stereocenters. The Bertz CT molecular complexity index is 388. The van der Waals surface area contributed by atoms with Gasteiger partial charge in [0.25, 0.3) is 0 Å². The molecule has 2 unspecified atom stereocenters. The zero-order valence-electron chi connectivity index (χ0n) is 11.5. The molecular formula is C15H23ClN2. The van der Waals surface area contributed by atoms with Crippen LogP contribution in [-0.2, 0) is 0 Å². The fourth-order valence-electron chi connectivity index (χ4n) is 2.38. The van der Waals surface area contributed by atoms with E-state index in [4.69, 9.17) is 11.6 Å². The Morgan fingerprint density at radius 1 is 1.33 bits per heavy atom. The molecule has 0 amide bonds. The van der Waals surface area contributed by atoms with Crippen LogP contribution < -0.4 is 5.32 Å². The van der Waals surface area contributed by atoms with Gasteiger partial charge in [0.15, 0.2) is 0 Å². The molecule has 2 rings (SSSR count). The standard InChI is InChI=1S/C15H23ClN2/c1-11(12-8-9-12)17-10-15(18(2)3)13-6-4-5-7-14(13)16/h4-7,11-12,15,17H,8-10H2,1-3H3. The van der Waals surface area contributed by atoms with Gasteiger partial charge in [0.1, 0.15) is 0 Å². The monoisotopic (exact) mass is 266 g/mol. The molecule has 0 saturated heterocycles. The Kier molecular flexibility index (Phi) is 4.66. The highest BCUT2D eigenvalue weighted by molar-refractivity contribution is 6.31. The third-order valence-electron chi connectivity index (χ3n) is 3.85. The summed E-state index contributed by atoms with van der Waals surface area (Å²) in [7, 11) is 4.22. The second-order valence-corrected chi connectivity index (χ2v) is 5.94. The fraction of sp³-hybridized carbons (Fsp3) is 0.600. The highest BCUT2D eigenvalue weighted by Crippen LogP contribution is 2.33. The van der Waals surface area contributed by atoms with Crippen LogP contribution in [0.1, 0.15) is 31.4 Å². The van der Waals surface area contributed by atoms with Gasteiger partial charge in [-0.05, 0) is 51.4 Å². The third kappa shape index (κ3) is 3.47. The number of hydrogen-bond acceptors (Lipinski definition) is 2. The number of nitrogens with zero attached hydrogens (tertiary/aromatic N) is 1. The Morgan fingerprint density at radius 3 is 2.56 bits per heavy atom. The molecule has 0 aliphatic heterocycles. The van der Waals surface area contributed by atoms with E-state index in [0.717, 1.165) is 17.5 Å². The average molecular weight is 267 g/mol. The Labute approximate surface area is 115 Å². The number of benzene rings is 1. The van der Waals surface area contributed by atoms with Crippen molar-refractivity contribution in [3.05, 3.63) is 34.9 Å². The summed E-state index contributed by atoms with van der Waals surface area (Å²) in [5.41, 5.74) is 1.21. The maximum absolute atomic E-state index is 6.30. The lowest BCUT2D eigenvalue weighted by Crippen LogP contribution is -2.36. The van der Waals surface area contributed by atoms with Gasteiger partial charge in [-0.3, -0.25) is 0 Å². The van der Waals surface area contributed by atoms with E-state index < -0.39 is 0 Å². The van der Waals surface area contributed by atoms with E-state index in [-0.39, 0.29) is 0 Å². The van der Waals surface area contributed by atoms with E-state index in [2.05, 4.69) is 43.4 Å². The van der Waals surface area contributed by atoms with Crippen LogP contribution in [0.25, 0.3) is 0 Å². The first kappa shape index (κ1) is 13.9. The number of hydrogen-bond donors (Lipinski definition) is 1. The second-order valence-electron chi connectivity index (χ2n) is 5.54. The third-order valence-corrected chi connectivity index (χ3v) is 4.19. The van der Waals surface area contributed by atoms with E-state index in [0.29, 0.717) is 12.1 Å². The van der Waals surface area contributed by atoms with E-state index in [1.54, 1.807) is 0 Å². The summed E-state index contributed by atoms with van der Waals surface area (Å²) in [5.74, 6) is 0.888. The van der Waals surface area contributed by atoms with Crippen LogP contribution >= 0.6 is 11.6 Å². The van der Waals surface area contributed by atoms with Crippen LogP contribution in [0.4, 0.5) is 0 Å². The van der Waals surface area contributed by atoms with Gasteiger partial charge in [-0.15, -0.1) is 0 Å². The van der Waals surface area contributed by atoms with Crippen LogP contribution in [0, 0.1) is 5.92 Å². The lowest BCUT2D eigenvalue weighted by molar-refractivity contribution is 0.277. The van der Waals surface area contributed by atoms with Crippen molar-refractivity contribution in [3.8, 4) is 0 Å². The molecule has 1 aromatic carbocycles. The smallest absolute Gasteiger partial charge is 0.0481 e. The van der Waals surface area contributed by atoms with Gasteiger partial charge in [0, 0.05) is 23.7 Å². The first-order valence-corrected chi connectivity index (χ1v) is 7.11. The maximum atomic E-state index is 6.30. The minimum atomic E-state index is 0.333. The molecule has 0 heterocycles. The van der Waals surface area contributed by atoms with Crippen molar-refractivity contribution in [1.29, 1.82) is 0 Å². The van der Waals surface area contributed by atoms with E-state index >= 15 is 0 Å². The summed E-state index contributed by atoms with van der Waals surface area (Å²) in [5, 5.41) is 4.51. The van der Waals surface area contributed by atoms with Gasteiger partial charge in [0.2, 0.25) is 0 Å². The number of halogens is 1. The lowest BCUT2D eigenvalue weighted by atomic mass is 10.1. The molecule has 3 heteroatoms. The highest BCUT2D eigenvalue weighted by Gasteiger charge is 2.28. The molecule has 1 fully saturated rings. The van der Waals surface area contributed by atoms with Crippen molar-refractivity contribution in [3.63, 3.8) is 0 Å². The van der Waals surface area contributed by atoms with Crippen molar-refractivity contribution < 1.29 is 0 Å². The Balaban J connectivity index is 2.01. The summed E-state index contributed by atoms with van der Waals surface area (Å²) in [6.45, 7) is 3.24. The predicted molar refractivity (Wildman–Crippen MR) is 78.1 cm³/mol. The molecule has 0 spiro atoms. The van der Waals surface area contributed by atoms with Crippen LogP contribution in [-0.4, -0.2) is 31.6 Å². The van der Waals surface area contributed by atoms with Crippen LogP contribution in [0.2, 0.25) is 5.02 Å². The molecule has 1 aromatic rings. The fourth-order valence-corrected chi connectivity index (χ4v) is 2.64. The van der Waals surface area contributed by atoms with Gasteiger partial charge in [-0.25, -0.2) is 0 Å². The van der Waals surface area contributed by atoms with Gasteiger partial charge in [0.05, 0.1) is 0 Å². The van der Waals surface area contributed by atoms with Gasteiger partial charge in [-0.2, -0.15) is 0 Å². The number of nitrogens with one attached hydrogen (secondary N) is 1. The van der Waals surface area contributed by atoms with Crippen LogP contribution in [0.5, 0.6) is 0 Å².